The third kappa shape index (κ3) is 7.67. The molecule has 0 saturated carbocycles. The minimum absolute atomic E-state index is 0.0887. The second-order valence-corrected chi connectivity index (χ2v) is 13.0. The van der Waals surface area contributed by atoms with E-state index >= 15 is 0 Å². The number of benzene rings is 2. The van der Waals surface area contributed by atoms with E-state index in [1.165, 1.54) is 6.33 Å². The van der Waals surface area contributed by atoms with E-state index in [-0.39, 0.29) is 11.7 Å². The number of anilines is 3. The van der Waals surface area contributed by atoms with Gasteiger partial charge < -0.3 is 25.8 Å². The summed E-state index contributed by atoms with van der Waals surface area (Å²) in [5.41, 5.74) is 12.5. The molecule has 262 valence electrons. The van der Waals surface area contributed by atoms with E-state index in [1.807, 2.05) is 72.7 Å². The van der Waals surface area contributed by atoms with Crippen LogP contribution >= 0.6 is 0 Å². The van der Waals surface area contributed by atoms with Crippen LogP contribution in [0.5, 0.6) is 0 Å². The fraction of sp³-hybridized carbons (Fsp3) is 0.342. The van der Waals surface area contributed by atoms with Crippen LogP contribution < -0.4 is 20.9 Å². The fourth-order valence-corrected chi connectivity index (χ4v) is 6.60. The van der Waals surface area contributed by atoms with Gasteiger partial charge in [-0.05, 0) is 73.7 Å². The van der Waals surface area contributed by atoms with Crippen molar-refractivity contribution in [3.8, 4) is 11.3 Å². The number of ketones is 1. The Hall–Kier alpha value is -5.85. The summed E-state index contributed by atoms with van der Waals surface area (Å²) >= 11 is 0. The number of nitrogens with zero attached hydrogens (tertiary/aromatic N) is 8. The molecule has 2 aromatic carbocycles. The molecular formula is C38H43N11O2. The van der Waals surface area contributed by atoms with Crippen molar-refractivity contribution in [2.75, 3.05) is 48.3 Å². The molecule has 1 saturated heterocycles. The predicted octanol–water partition coefficient (Wildman–Crippen LogP) is 5.19. The van der Waals surface area contributed by atoms with Gasteiger partial charge in [0.25, 0.3) is 5.91 Å². The largest absolute Gasteiger partial charge is 0.383 e. The summed E-state index contributed by atoms with van der Waals surface area (Å²) in [6.07, 6.45) is 11.4. The molecule has 0 unspecified atom stereocenters. The molecule has 13 nitrogen and oxygen atoms in total. The third-order valence-corrected chi connectivity index (χ3v) is 9.44. The lowest BCUT2D eigenvalue weighted by Crippen LogP contribution is -2.47. The summed E-state index contributed by atoms with van der Waals surface area (Å²) in [6.45, 7) is 6.47. The molecule has 13 heteroatoms. The number of hydrogen-bond donors (Lipinski definition) is 3. The number of aromatic amines is 1. The molecule has 4 N–H and O–H groups in total. The van der Waals surface area contributed by atoms with Crippen LogP contribution in [0, 0.1) is 0 Å². The molecule has 6 aromatic rings. The first kappa shape index (κ1) is 33.6. The highest BCUT2D eigenvalue weighted by Crippen LogP contribution is 2.32. The lowest BCUT2D eigenvalue weighted by molar-refractivity contribution is -0.119. The van der Waals surface area contributed by atoms with Crippen molar-refractivity contribution >= 4 is 51.1 Å². The van der Waals surface area contributed by atoms with Crippen LogP contribution in [0.25, 0.3) is 33.2 Å². The van der Waals surface area contributed by atoms with Gasteiger partial charge in [-0.15, -0.1) is 0 Å². The number of nitrogens with two attached hydrogens (primary N) is 1. The average molecular weight is 686 g/mol. The molecule has 7 rings (SSSR count). The molecule has 0 aliphatic carbocycles. The zero-order valence-corrected chi connectivity index (χ0v) is 28.9. The highest BCUT2D eigenvalue weighted by Gasteiger charge is 2.20. The zero-order valence-electron chi connectivity index (χ0n) is 28.9. The normalized spacial score (nSPS) is 13.3. The second kappa shape index (κ2) is 15.4. The quantitative estimate of drug-likeness (QED) is 0.130. The average Bonchev–Trinajstić information content (AvgIpc) is 3.79. The Morgan fingerprint density at radius 3 is 2.47 bits per heavy atom. The van der Waals surface area contributed by atoms with Crippen molar-refractivity contribution in [2.45, 2.75) is 52.0 Å². The van der Waals surface area contributed by atoms with Crippen LogP contribution in [-0.2, 0) is 17.8 Å². The number of H-pyrrole nitrogens is 1. The minimum atomic E-state index is -0.0887. The number of hydrogen-bond acceptors (Lipinski definition) is 10. The molecular weight excluding hydrogens is 642 g/mol. The van der Waals surface area contributed by atoms with Crippen molar-refractivity contribution < 1.29 is 9.59 Å². The molecule has 0 spiro atoms. The van der Waals surface area contributed by atoms with Gasteiger partial charge in [0, 0.05) is 98.4 Å². The summed E-state index contributed by atoms with van der Waals surface area (Å²) in [6, 6.07) is 16.0. The molecule has 0 bridgehead atoms. The first-order valence-corrected chi connectivity index (χ1v) is 17.7. The number of Topliss-reactive ketones (excluding diaryl/α,β-unsaturated/α-hetero) is 1. The van der Waals surface area contributed by atoms with Gasteiger partial charge in [0.15, 0.2) is 5.65 Å². The number of carbonyl (C=O) groups is 2. The molecule has 1 fully saturated rings. The molecule has 0 radical (unpaired) electrons. The SMILES string of the molecule is CCCC(=O)CCc1cnc(N2CCN(c3ccc(C(=O)NCCCCn4nc(-c5ccc6[nH]ccc6c5)c5c(N)ncnc54)cc3)CC2)nc1. The van der Waals surface area contributed by atoms with Crippen molar-refractivity contribution in [3.05, 3.63) is 84.6 Å². The van der Waals surface area contributed by atoms with Crippen molar-refractivity contribution in [1.29, 1.82) is 0 Å². The first-order chi connectivity index (χ1) is 25.0. The van der Waals surface area contributed by atoms with Crippen LogP contribution in [0.2, 0.25) is 0 Å². The monoisotopic (exact) mass is 685 g/mol. The number of nitrogens with one attached hydrogen (secondary N) is 2. The molecule has 1 amide bonds. The summed E-state index contributed by atoms with van der Waals surface area (Å²) in [5, 5.41) is 9.79. The van der Waals surface area contributed by atoms with Gasteiger partial charge in [-0.3, -0.25) is 9.59 Å². The van der Waals surface area contributed by atoms with E-state index in [1.54, 1.807) is 0 Å². The van der Waals surface area contributed by atoms with Gasteiger partial charge in [-0.25, -0.2) is 24.6 Å². The Morgan fingerprint density at radius 2 is 1.69 bits per heavy atom. The van der Waals surface area contributed by atoms with Crippen LogP contribution in [0.4, 0.5) is 17.5 Å². The smallest absolute Gasteiger partial charge is 0.251 e. The maximum Gasteiger partial charge on any atom is 0.251 e. The third-order valence-electron chi connectivity index (χ3n) is 9.44. The molecule has 4 aromatic heterocycles. The Bertz CT molecular complexity index is 2110. The van der Waals surface area contributed by atoms with Gasteiger partial charge in [0.05, 0.1) is 5.39 Å². The summed E-state index contributed by atoms with van der Waals surface area (Å²) in [4.78, 5) is 50.3. The number of aromatic nitrogens is 7. The van der Waals surface area contributed by atoms with E-state index in [2.05, 4.69) is 46.1 Å². The minimum Gasteiger partial charge on any atom is -0.383 e. The van der Waals surface area contributed by atoms with Crippen molar-refractivity contribution in [3.63, 3.8) is 0 Å². The summed E-state index contributed by atoms with van der Waals surface area (Å²) < 4.78 is 1.88. The van der Waals surface area contributed by atoms with Gasteiger partial charge >= 0.3 is 0 Å². The second-order valence-electron chi connectivity index (χ2n) is 13.0. The highest BCUT2D eigenvalue weighted by atomic mass is 16.1. The number of amides is 1. The van der Waals surface area contributed by atoms with Gasteiger partial charge in [0.1, 0.15) is 23.6 Å². The Balaban J connectivity index is 0.868. The number of rotatable bonds is 14. The number of aryl methyl sites for hydroxylation is 2. The topological polar surface area (TPSA) is 164 Å². The molecule has 51 heavy (non-hydrogen) atoms. The molecule has 0 atom stereocenters. The number of unbranched alkanes of at least 4 members (excludes halogenated alkanes) is 1. The summed E-state index contributed by atoms with van der Waals surface area (Å²) in [7, 11) is 0. The number of piperazine rings is 1. The van der Waals surface area contributed by atoms with Crippen molar-refractivity contribution in [1.82, 2.24) is 40.0 Å². The maximum atomic E-state index is 12.9. The predicted molar refractivity (Wildman–Crippen MR) is 200 cm³/mol. The number of fused-ring (bicyclic) bond motifs is 2. The molecule has 5 heterocycles. The number of nitrogen functional groups attached to an aromatic ring is 1. The summed E-state index contributed by atoms with van der Waals surface area (Å²) in [5.74, 6) is 1.32. The lowest BCUT2D eigenvalue weighted by Gasteiger charge is -2.36. The van der Waals surface area contributed by atoms with Crippen LogP contribution in [0.1, 0.15) is 54.9 Å². The Kier molecular flexibility index (Phi) is 10.1. The Morgan fingerprint density at radius 1 is 0.902 bits per heavy atom. The van der Waals surface area contributed by atoms with E-state index in [4.69, 9.17) is 10.8 Å². The van der Waals surface area contributed by atoms with Crippen LogP contribution in [-0.4, -0.2) is 79.1 Å². The van der Waals surface area contributed by atoms with Crippen LogP contribution in [0.15, 0.2) is 73.4 Å². The Labute approximate surface area is 296 Å². The molecule has 1 aliphatic rings. The van der Waals surface area contributed by atoms with Crippen molar-refractivity contribution in [2.24, 2.45) is 0 Å². The van der Waals surface area contributed by atoms with Gasteiger partial charge in [-0.2, -0.15) is 5.10 Å². The van der Waals surface area contributed by atoms with E-state index < -0.39 is 0 Å². The van der Waals surface area contributed by atoms with Crippen LogP contribution in [0.3, 0.4) is 0 Å². The van der Waals surface area contributed by atoms with Gasteiger partial charge in [0.2, 0.25) is 5.95 Å². The maximum absolute atomic E-state index is 12.9. The van der Waals surface area contributed by atoms with Gasteiger partial charge in [-0.1, -0.05) is 13.0 Å². The van der Waals surface area contributed by atoms with E-state index in [0.717, 1.165) is 90.2 Å². The highest BCUT2D eigenvalue weighted by molar-refractivity contribution is 6.00. The lowest BCUT2D eigenvalue weighted by atomic mass is 10.1. The van der Waals surface area contributed by atoms with E-state index in [9.17, 15) is 9.59 Å². The fourth-order valence-electron chi connectivity index (χ4n) is 6.60. The molecule has 1 aliphatic heterocycles. The number of carbonyl (C=O) groups excluding carboxylic acids is 2. The zero-order chi connectivity index (χ0) is 35.2. The van der Waals surface area contributed by atoms with E-state index in [0.29, 0.717) is 49.4 Å². The first-order valence-electron chi connectivity index (χ1n) is 17.7. The standard InChI is InChI=1S/C38H43N11O2/c1-2-5-31(50)12-6-26-23-42-38(43-24-26)48-20-18-47(19-21-48)30-10-7-27(8-11-30)37(51)41-15-3-4-17-49-36-33(35(39)44-25-45-36)34(46-49)29-9-13-32-28(22-29)14-16-40-32/h7-11,13-14,16,22-25,40H,2-6,12,15,17-21H2,1H3,(H,41,51)(H2,39,44,45).